The van der Waals surface area contributed by atoms with Crippen molar-refractivity contribution in [1.82, 2.24) is 20.0 Å². The van der Waals surface area contributed by atoms with Crippen LogP contribution in [0.1, 0.15) is 40.7 Å². The van der Waals surface area contributed by atoms with Crippen molar-refractivity contribution in [2.24, 2.45) is 0 Å². The topological polar surface area (TPSA) is 67.2 Å². The Morgan fingerprint density at radius 2 is 2.07 bits per heavy atom. The lowest BCUT2D eigenvalue weighted by Gasteiger charge is -2.16. The van der Waals surface area contributed by atoms with Crippen molar-refractivity contribution in [3.8, 4) is 5.69 Å². The number of aryl methyl sites for hydroxylation is 2. The Morgan fingerprint density at radius 1 is 1.29 bits per heavy atom. The second-order valence-electron chi connectivity index (χ2n) is 7.27. The average molecular weight is 397 g/mol. The summed E-state index contributed by atoms with van der Waals surface area (Å²) < 4.78 is 1.93. The normalized spacial score (nSPS) is 16.7. The molecule has 1 N–H and O–H groups in total. The lowest BCUT2D eigenvalue weighted by atomic mass is 10.2. The number of nitrogens with one attached hydrogen (secondary N) is 1. The zero-order chi connectivity index (χ0) is 19.8. The summed E-state index contributed by atoms with van der Waals surface area (Å²) in [5.41, 5.74) is 3.07. The summed E-state index contributed by atoms with van der Waals surface area (Å²) in [6.07, 6.45) is 1.31. The van der Waals surface area contributed by atoms with E-state index in [2.05, 4.69) is 23.4 Å². The summed E-state index contributed by atoms with van der Waals surface area (Å²) in [5.74, 6) is 0.0697. The van der Waals surface area contributed by atoms with E-state index in [4.69, 9.17) is 0 Å². The number of hydrogen-bond acceptors (Lipinski definition) is 4. The first kappa shape index (κ1) is 18.7. The van der Waals surface area contributed by atoms with Gasteiger partial charge in [0.25, 0.3) is 5.91 Å². The van der Waals surface area contributed by atoms with Crippen LogP contribution in [0.4, 0.5) is 0 Å². The number of benzene rings is 1. The first-order valence-corrected chi connectivity index (χ1v) is 10.4. The maximum absolute atomic E-state index is 12.8. The number of likely N-dealkylation sites (tertiary alicyclic amines) is 1. The third-order valence-electron chi connectivity index (χ3n) is 5.29. The molecule has 0 saturated carbocycles. The second-order valence-corrected chi connectivity index (χ2v) is 8.30. The van der Waals surface area contributed by atoms with Crippen LogP contribution in [0, 0.1) is 13.8 Å². The number of fused-ring (bicyclic) bond motifs is 1. The van der Waals surface area contributed by atoms with Crippen molar-refractivity contribution in [1.29, 1.82) is 0 Å². The molecular weight excluding hydrogens is 372 g/mol. The van der Waals surface area contributed by atoms with E-state index >= 15 is 0 Å². The fourth-order valence-electron chi connectivity index (χ4n) is 3.71. The van der Waals surface area contributed by atoms with Crippen molar-refractivity contribution in [3.63, 3.8) is 0 Å². The van der Waals surface area contributed by atoms with Crippen molar-refractivity contribution in [3.05, 3.63) is 46.5 Å². The van der Waals surface area contributed by atoms with Crippen LogP contribution >= 0.6 is 11.3 Å². The average Bonchev–Trinajstić information content (AvgIpc) is 3.39. The number of aromatic nitrogens is 2. The summed E-state index contributed by atoms with van der Waals surface area (Å²) in [7, 11) is 0. The SMILES string of the molecule is CCC(=O)N1CCC(NC(=O)c2cc3c(C)nn(-c4ccccc4C)c3s2)C1. The molecule has 6 nitrogen and oxygen atoms in total. The molecule has 1 aliphatic heterocycles. The van der Waals surface area contributed by atoms with E-state index in [1.165, 1.54) is 11.3 Å². The highest BCUT2D eigenvalue weighted by molar-refractivity contribution is 7.20. The van der Waals surface area contributed by atoms with E-state index in [-0.39, 0.29) is 17.9 Å². The minimum Gasteiger partial charge on any atom is -0.347 e. The van der Waals surface area contributed by atoms with Gasteiger partial charge in [-0.15, -0.1) is 11.3 Å². The summed E-state index contributed by atoms with van der Waals surface area (Å²) in [4.78, 5) is 28.1. The zero-order valence-electron chi connectivity index (χ0n) is 16.4. The molecule has 3 aromatic rings. The molecule has 1 unspecified atom stereocenters. The highest BCUT2D eigenvalue weighted by Crippen LogP contribution is 2.31. The maximum atomic E-state index is 12.8. The quantitative estimate of drug-likeness (QED) is 0.735. The standard InChI is InChI=1S/C21H24N4O2S/c1-4-19(26)24-10-9-15(12-24)22-20(27)18-11-16-14(3)23-25(21(16)28-18)17-8-6-5-7-13(17)2/h5-8,11,15H,4,9-10,12H2,1-3H3,(H,22,27). The van der Waals surface area contributed by atoms with Crippen LogP contribution in [0.2, 0.25) is 0 Å². The largest absolute Gasteiger partial charge is 0.347 e. The van der Waals surface area contributed by atoms with E-state index in [0.29, 0.717) is 24.4 Å². The zero-order valence-corrected chi connectivity index (χ0v) is 17.2. The number of carbonyl (C=O) groups excluding carboxylic acids is 2. The van der Waals surface area contributed by atoms with Crippen molar-refractivity contribution < 1.29 is 9.59 Å². The van der Waals surface area contributed by atoms with Gasteiger partial charge in [0.2, 0.25) is 5.91 Å². The van der Waals surface area contributed by atoms with Crippen LogP contribution in [-0.2, 0) is 4.79 Å². The van der Waals surface area contributed by atoms with E-state index in [1.54, 1.807) is 0 Å². The van der Waals surface area contributed by atoms with Crippen LogP contribution in [0.25, 0.3) is 15.9 Å². The van der Waals surface area contributed by atoms with Gasteiger partial charge in [0.05, 0.1) is 16.3 Å². The lowest BCUT2D eigenvalue weighted by Crippen LogP contribution is -2.38. The molecule has 2 aromatic heterocycles. The Bertz CT molecular complexity index is 1050. The van der Waals surface area contributed by atoms with Crippen LogP contribution in [0.3, 0.4) is 0 Å². The molecular formula is C21H24N4O2S. The Balaban J connectivity index is 1.57. The van der Waals surface area contributed by atoms with Gasteiger partial charge in [-0.25, -0.2) is 4.68 Å². The molecule has 2 amide bonds. The summed E-state index contributed by atoms with van der Waals surface area (Å²) in [6, 6.07) is 10.0. The number of amides is 2. The van der Waals surface area contributed by atoms with Gasteiger partial charge in [-0.1, -0.05) is 25.1 Å². The molecule has 0 radical (unpaired) electrons. The lowest BCUT2D eigenvalue weighted by molar-refractivity contribution is -0.129. The predicted octanol–water partition coefficient (Wildman–Crippen LogP) is 3.44. The molecule has 28 heavy (non-hydrogen) atoms. The minimum absolute atomic E-state index is 0.0159. The van der Waals surface area contributed by atoms with Gasteiger partial charge in [0, 0.05) is 30.9 Å². The van der Waals surface area contributed by atoms with E-state index in [0.717, 1.165) is 33.6 Å². The van der Waals surface area contributed by atoms with Crippen molar-refractivity contribution in [2.45, 2.75) is 39.7 Å². The van der Waals surface area contributed by atoms with Gasteiger partial charge < -0.3 is 10.2 Å². The fourth-order valence-corrected chi connectivity index (χ4v) is 4.79. The van der Waals surface area contributed by atoms with Gasteiger partial charge in [-0.2, -0.15) is 5.10 Å². The number of nitrogens with zero attached hydrogens (tertiary/aromatic N) is 3. The molecule has 0 bridgehead atoms. The van der Waals surface area contributed by atoms with Crippen LogP contribution in [0.5, 0.6) is 0 Å². The Morgan fingerprint density at radius 3 is 2.82 bits per heavy atom. The molecule has 3 heterocycles. The highest BCUT2D eigenvalue weighted by Gasteiger charge is 2.27. The molecule has 0 spiro atoms. The Labute approximate surface area is 168 Å². The van der Waals surface area contributed by atoms with Gasteiger partial charge in [0.15, 0.2) is 0 Å². The van der Waals surface area contributed by atoms with Crippen molar-refractivity contribution >= 4 is 33.4 Å². The van der Waals surface area contributed by atoms with Gasteiger partial charge in [0.1, 0.15) is 4.83 Å². The molecule has 146 valence electrons. The smallest absolute Gasteiger partial charge is 0.261 e. The number of thiophene rings is 1. The van der Waals surface area contributed by atoms with Crippen LogP contribution < -0.4 is 5.32 Å². The fraction of sp³-hybridized carbons (Fsp3) is 0.381. The number of hydrogen-bond donors (Lipinski definition) is 1. The van der Waals surface area contributed by atoms with Crippen LogP contribution in [-0.4, -0.2) is 45.6 Å². The van der Waals surface area contributed by atoms with Crippen LogP contribution in [0.15, 0.2) is 30.3 Å². The number of rotatable bonds is 4. The molecule has 1 saturated heterocycles. The number of carbonyl (C=O) groups is 2. The molecule has 7 heteroatoms. The Hall–Kier alpha value is -2.67. The molecule has 1 aromatic carbocycles. The summed E-state index contributed by atoms with van der Waals surface area (Å²) >= 11 is 1.46. The first-order chi connectivity index (χ1) is 13.5. The van der Waals surface area contributed by atoms with Gasteiger partial charge in [-0.3, -0.25) is 9.59 Å². The van der Waals surface area contributed by atoms with Crippen molar-refractivity contribution in [2.75, 3.05) is 13.1 Å². The molecule has 1 fully saturated rings. The summed E-state index contributed by atoms with van der Waals surface area (Å²) in [6.45, 7) is 7.20. The predicted molar refractivity (Wildman–Crippen MR) is 111 cm³/mol. The van der Waals surface area contributed by atoms with Gasteiger partial charge >= 0.3 is 0 Å². The molecule has 1 aliphatic rings. The Kier molecular flexibility index (Phi) is 4.93. The molecule has 4 rings (SSSR count). The summed E-state index contributed by atoms with van der Waals surface area (Å²) in [5, 5.41) is 8.77. The van der Waals surface area contributed by atoms with E-state index in [1.807, 2.05) is 47.7 Å². The third kappa shape index (κ3) is 3.30. The first-order valence-electron chi connectivity index (χ1n) is 9.61. The monoisotopic (exact) mass is 396 g/mol. The molecule has 1 atom stereocenters. The molecule has 0 aliphatic carbocycles. The maximum Gasteiger partial charge on any atom is 0.261 e. The van der Waals surface area contributed by atoms with Gasteiger partial charge in [-0.05, 0) is 38.0 Å². The minimum atomic E-state index is -0.0762. The second kappa shape index (κ2) is 7.39. The van der Waals surface area contributed by atoms with E-state index < -0.39 is 0 Å². The third-order valence-corrected chi connectivity index (χ3v) is 6.40. The highest BCUT2D eigenvalue weighted by atomic mass is 32.1. The van der Waals surface area contributed by atoms with E-state index in [9.17, 15) is 9.59 Å². The number of para-hydroxylation sites is 1.